The minimum Gasteiger partial charge on any atom is -0.481 e. The Morgan fingerprint density at radius 1 is 1.31 bits per heavy atom. The van der Waals surface area contributed by atoms with Gasteiger partial charge in [-0.05, 0) is 38.8 Å². The number of aliphatic carboxylic acids is 1. The number of piperidine rings is 1. The number of carboxylic acids is 1. The van der Waals surface area contributed by atoms with E-state index in [1.165, 1.54) is 0 Å². The van der Waals surface area contributed by atoms with Crippen molar-refractivity contribution in [1.82, 2.24) is 4.90 Å². The van der Waals surface area contributed by atoms with E-state index < -0.39 is 17.5 Å². The van der Waals surface area contributed by atoms with Crippen molar-refractivity contribution in [3.8, 4) is 5.75 Å². The van der Waals surface area contributed by atoms with Crippen LogP contribution in [-0.4, -0.2) is 53.0 Å². The fourth-order valence-electron chi connectivity index (χ4n) is 3.51. The van der Waals surface area contributed by atoms with Crippen molar-refractivity contribution in [1.29, 1.82) is 0 Å². The molecule has 1 N–H and O–H groups in total. The molecule has 140 valence electrons. The summed E-state index contributed by atoms with van der Waals surface area (Å²) in [6.45, 7) is 4.48. The predicted molar refractivity (Wildman–Crippen MR) is 95.1 cm³/mol. The molecule has 7 heteroatoms. The molecule has 2 aliphatic heterocycles. The Balaban J connectivity index is 1.69. The van der Waals surface area contributed by atoms with Gasteiger partial charge in [-0.15, -0.1) is 0 Å². The van der Waals surface area contributed by atoms with E-state index >= 15 is 0 Å². The number of rotatable bonds is 4. The van der Waals surface area contributed by atoms with Gasteiger partial charge in [0.2, 0.25) is 5.91 Å². The first-order valence-corrected chi connectivity index (χ1v) is 8.90. The van der Waals surface area contributed by atoms with Crippen LogP contribution in [0.15, 0.2) is 24.3 Å². The van der Waals surface area contributed by atoms with Crippen LogP contribution in [0.2, 0.25) is 0 Å². The maximum atomic E-state index is 12.7. The standard InChI is InChI=1S/C19H24N2O5/c1-19(2)18(25)21(14-7-3-4-8-15(14)26-19)11-9-16(22)20-10-5-6-13(12-20)17(23)24/h3-4,7-8,13H,5-6,9-12H2,1-2H3,(H,23,24). The van der Waals surface area contributed by atoms with Crippen molar-refractivity contribution in [3.05, 3.63) is 24.3 Å². The third-order valence-corrected chi connectivity index (χ3v) is 4.95. The van der Waals surface area contributed by atoms with Crippen LogP contribution in [0, 0.1) is 5.92 Å². The van der Waals surface area contributed by atoms with Gasteiger partial charge in [0.25, 0.3) is 5.91 Å². The Morgan fingerprint density at radius 2 is 2.04 bits per heavy atom. The molecule has 26 heavy (non-hydrogen) atoms. The molecule has 7 nitrogen and oxygen atoms in total. The van der Waals surface area contributed by atoms with E-state index in [9.17, 15) is 14.4 Å². The molecular weight excluding hydrogens is 336 g/mol. The smallest absolute Gasteiger partial charge is 0.308 e. The first kappa shape index (κ1) is 18.2. The van der Waals surface area contributed by atoms with Gasteiger partial charge in [0, 0.05) is 26.1 Å². The molecule has 1 fully saturated rings. The molecule has 1 aromatic carbocycles. The maximum absolute atomic E-state index is 12.7. The fraction of sp³-hybridized carbons (Fsp3) is 0.526. The molecule has 1 unspecified atom stereocenters. The van der Waals surface area contributed by atoms with Gasteiger partial charge in [0.1, 0.15) is 5.75 Å². The Morgan fingerprint density at radius 3 is 2.77 bits per heavy atom. The summed E-state index contributed by atoms with van der Waals surface area (Å²) in [7, 11) is 0. The summed E-state index contributed by atoms with van der Waals surface area (Å²) in [6.07, 6.45) is 1.44. The lowest BCUT2D eigenvalue weighted by molar-refractivity contribution is -0.145. The van der Waals surface area contributed by atoms with Crippen molar-refractivity contribution in [2.75, 3.05) is 24.5 Å². The van der Waals surface area contributed by atoms with E-state index in [1.807, 2.05) is 12.1 Å². The van der Waals surface area contributed by atoms with Crippen LogP contribution in [0.5, 0.6) is 5.75 Å². The zero-order valence-electron chi connectivity index (χ0n) is 15.1. The van der Waals surface area contributed by atoms with E-state index in [0.29, 0.717) is 30.8 Å². The third-order valence-electron chi connectivity index (χ3n) is 4.95. The van der Waals surface area contributed by atoms with Crippen molar-refractivity contribution >= 4 is 23.5 Å². The van der Waals surface area contributed by atoms with Crippen LogP contribution in [0.3, 0.4) is 0 Å². The molecule has 0 radical (unpaired) electrons. The van der Waals surface area contributed by atoms with Gasteiger partial charge in [-0.2, -0.15) is 0 Å². The van der Waals surface area contributed by atoms with Crippen LogP contribution in [0.4, 0.5) is 5.69 Å². The van der Waals surface area contributed by atoms with E-state index in [-0.39, 0.29) is 31.3 Å². The molecule has 1 aromatic rings. The van der Waals surface area contributed by atoms with Crippen LogP contribution < -0.4 is 9.64 Å². The zero-order valence-corrected chi connectivity index (χ0v) is 15.1. The van der Waals surface area contributed by atoms with E-state index in [0.717, 1.165) is 0 Å². The SMILES string of the molecule is CC1(C)Oc2ccccc2N(CCC(=O)N2CCCC(C(=O)O)C2)C1=O. The first-order chi connectivity index (χ1) is 12.3. The number of hydrogen-bond acceptors (Lipinski definition) is 4. The average molecular weight is 360 g/mol. The molecule has 0 saturated carbocycles. The molecular formula is C19H24N2O5. The summed E-state index contributed by atoms with van der Waals surface area (Å²) >= 11 is 0. The van der Waals surface area contributed by atoms with E-state index in [4.69, 9.17) is 9.84 Å². The highest BCUT2D eigenvalue weighted by molar-refractivity contribution is 6.02. The number of likely N-dealkylation sites (tertiary alicyclic amines) is 1. The molecule has 0 spiro atoms. The van der Waals surface area contributed by atoms with Crippen LogP contribution in [-0.2, 0) is 14.4 Å². The quantitative estimate of drug-likeness (QED) is 0.886. The fourth-order valence-corrected chi connectivity index (χ4v) is 3.51. The van der Waals surface area contributed by atoms with Gasteiger partial charge in [0.05, 0.1) is 11.6 Å². The van der Waals surface area contributed by atoms with Crippen LogP contribution in [0.1, 0.15) is 33.1 Å². The minimum atomic E-state index is -0.989. The number of nitrogens with zero attached hydrogens (tertiary/aromatic N) is 2. The summed E-state index contributed by atoms with van der Waals surface area (Å²) in [6, 6.07) is 7.27. The molecule has 2 amide bonds. The predicted octanol–water partition coefficient (Wildman–Crippen LogP) is 1.90. The summed E-state index contributed by atoms with van der Waals surface area (Å²) in [5.74, 6) is -1.05. The second kappa shape index (κ2) is 6.97. The zero-order chi connectivity index (χ0) is 18.9. The van der Waals surface area contributed by atoms with E-state index in [2.05, 4.69) is 0 Å². The molecule has 1 atom stereocenters. The summed E-state index contributed by atoms with van der Waals surface area (Å²) in [5, 5.41) is 9.17. The van der Waals surface area contributed by atoms with Gasteiger partial charge in [-0.3, -0.25) is 14.4 Å². The first-order valence-electron chi connectivity index (χ1n) is 8.90. The average Bonchev–Trinajstić information content (AvgIpc) is 2.61. The number of para-hydroxylation sites is 2. The maximum Gasteiger partial charge on any atom is 0.308 e. The second-order valence-corrected chi connectivity index (χ2v) is 7.30. The van der Waals surface area contributed by atoms with E-state index in [1.54, 1.807) is 35.8 Å². The van der Waals surface area contributed by atoms with Gasteiger partial charge in [0.15, 0.2) is 5.60 Å². The Labute approximate surface area is 152 Å². The lowest BCUT2D eigenvalue weighted by Gasteiger charge is -2.39. The Kier molecular flexibility index (Phi) is 4.89. The number of benzene rings is 1. The summed E-state index contributed by atoms with van der Waals surface area (Å²) in [4.78, 5) is 39.7. The minimum absolute atomic E-state index is 0.120. The third kappa shape index (κ3) is 3.52. The van der Waals surface area contributed by atoms with Crippen LogP contribution in [0.25, 0.3) is 0 Å². The number of hydrogen-bond donors (Lipinski definition) is 1. The Hall–Kier alpha value is -2.57. The van der Waals surface area contributed by atoms with Crippen molar-refractivity contribution < 1.29 is 24.2 Å². The lowest BCUT2D eigenvalue weighted by atomic mass is 9.98. The highest BCUT2D eigenvalue weighted by Crippen LogP contribution is 2.37. The lowest BCUT2D eigenvalue weighted by Crippen LogP contribution is -2.53. The molecule has 1 saturated heterocycles. The van der Waals surface area contributed by atoms with Gasteiger partial charge < -0.3 is 19.6 Å². The number of fused-ring (bicyclic) bond motifs is 1. The number of amides is 2. The molecule has 0 aliphatic carbocycles. The van der Waals surface area contributed by atoms with Crippen molar-refractivity contribution in [2.24, 2.45) is 5.92 Å². The summed E-state index contributed by atoms with van der Waals surface area (Å²) in [5.41, 5.74) is -0.330. The number of carboxylic acid groups (broad SMARTS) is 1. The molecule has 3 rings (SSSR count). The number of carbonyl (C=O) groups excluding carboxylic acids is 2. The number of carbonyl (C=O) groups is 3. The number of anilines is 1. The summed E-state index contributed by atoms with van der Waals surface area (Å²) < 4.78 is 5.77. The largest absolute Gasteiger partial charge is 0.481 e. The van der Waals surface area contributed by atoms with Crippen LogP contribution >= 0.6 is 0 Å². The monoisotopic (exact) mass is 360 g/mol. The van der Waals surface area contributed by atoms with Gasteiger partial charge >= 0.3 is 5.97 Å². The van der Waals surface area contributed by atoms with Gasteiger partial charge in [-0.25, -0.2) is 0 Å². The molecule has 0 aromatic heterocycles. The number of ether oxygens (including phenoxy) is 1. The normalized spacial score (nSPS) is 21.8. The Bertz CT molecular complexity index is 730. The van der Waals surface area contributed by atoms with Crippen molar-refractivity contribution in [3.63, 3.8) is 0 Å². The topological polar surface area (TPSA) is 87.2 Å². The highest BCUT2D eigenvalue weighted by Gasteiger charge is 2.41. The second-order valence-electron chi connectivity index (χ2n) is 7.30. The van der Waals surface area contributed by atoms with Crippen molar-refractivity contribution in [2.45, 2.75) is 38.7 Å². The molecule has 2 aliphatic rings. The molecule has 2 heterocycles. The molecule has 0 bridgehead atoms. The highest BCUT2D eigenvalue weighted by atomic mass is 16.5. The van der Waals surface area contributed by atoms with Gasteiger partial charge in [-0.1, -0.05) is 12.1 Å².